The van der Waals surface area contributed by atoms with E-state index in [0.717, 1.165) is 21.9 Å². The van der Waals surface area contributed by atoms with E-state index >= 15 is 0 Å². The number of nitrogens with one attached hydrogen (secondary N) is 1. The number of carbonyl (C=O) groups excluding carboxylic acids is 3. The van der Waals surface area contributed by atoms with Gasteiger partial charge in [0.2, 0.25) is 5.91 Å². The van der Waals surface area contributed by atoms with Crippen LogP contribution in [0.4, 0.5) is 5.69 Å². The number of rotatable bonds is 7. The highest BCUT2D eigenvalue weighted by Crippen LogP contribution is 2.32. The van der Waals surface area contributed by atoms with E-state index in [9.17, 15) is 14.4 Å². The Labute approximate surface area is 161 Å². The summed E-state index contributed by atoms with van der Waals surface area (Å²) in [5.41, 5.74) is 1.93. The van der Waals surface area contributed by atoms with Crippen molar-refractivity contribution < 1.29 is 23.9 Å². The van der Waals surface area contributed by atoms with Crippen molar-refractivity contribution in [2.45, 2.75) is 17.7 Å². The van der Waals surface area contributed by atoms with Gasteiger partial charge in [0, 0.05) is 16.1 Å². The van der Waals surface area contributed by atoms with Gasteiger partial charge in [-0.1, -0.05) is 0 Å². The van der Waals surface area contributed by atoms with Crippen LogP contribution in [0.3, 0.4) is 0 Å². The van der Waals surface area contributed by atoms with E-state index in [1.54, 1.807) is 32.2 Å². The van der Waals surface area contributed by atoms with Crippen LogP contribution in [-0.2, 0) is 14.3 Å². The Kier molecular flexibility index (Phi) is 5.81. The number of hydrogen-bond acceptors (Lipinski definition) is 6. The smallest absolute Gasteiger partial charge is 0.316 e. The molecular weight excluding hydrogens is 366 g/mol. The molecule has 6 nitrogen and oxygen atoms in total. The first-order chi connectivity index (χ1) is 13.0. The number of amides is 1. The maximum Gasteiger partial charge on any atom is 0.316 e. The third-order valence-corrected chi connectivity index (χ3v) is 5.26. The molecule has 2 aromatic carbocycles. The molecule has 0 fully saturated rings. The number of esters is 1. The fraction of sp³-hybridized carbons (Fsp3) is 0.250. The first-order valence-electron chi connectivity index (χ1n) is 8.38. The fourth-order valence-corrected chi connectivity index (χ4v) is 3.37. The van der Waals surface area contributed by atoms with Crippen molar-refractivity contribution in [1.82, 2.24) is 0 Å². The molecule has 1 amide bonds. The zero-order valence-corrected chi connectivity index (χ0v) is 15.8. The average molecular weight is 385 g/mol. The van der Waals surface area contributed by atoms with Crippen molar-refractivity contribution in [1.29, 1.82) is 0 Å². The highest BCUT2D eigenvalue weighted by atomic mass is 32.2. The van der Waals surface area contributed by atoms with Crippen LogP contribution in [0.2, 0.25) is 0 Å². The zero-order chi connectivity index (χ0) is 19.4. The molecule has 0 spiro atoms. The maximum absolute atomic E-state index is 12.3. The number of anilines is 1. The van der Waals surface area contributed by atoms with Crippen LogP contribution in [0, 0.1) is 0 Å². The second kappa shape index (κ2) is 8.26. The van der Waals surface area contributed by atoms with Gasteiger partial charge in [-0.25, -0.2) is 0 Å². The molecule has 2 aromatic rings. The number of ether oxygens (including phenoxy) is 2. The van der Waals surface area contributed by atoms with Crippen LogP contribution in [0.5, 0.6) is 5.75 Å². The molecule has 7 heteroatoms. The topological polar surface area (TPSA) is 81.7 Å². The average Bonchev–Trinajstić information content (AvgIpc) is 2.98. The number of Topliss-reactive ketones (excluding diaryl/α,β-unsaturated/α-hetero) is 1. The molecule has 0 aromatic heterocycles. The van der Waals surface area contributed by atoms with E-state index in [0.29, 0.717) is 5.56 Å². The number of benzene rings is 2. The van der Waals surface area contributed by atoms with E-state index in [-0.39, 0.29) is 30.0 Å². The lowest BCUT2D eigenvalue weighted by atomic mass is 9.99. The molecular formula is C20H19NO5S. The SMILES string of the molecule is COc1ccc(SCC(=O)OCC(=O)c2ccc3c(c2)[C@H](C)C(=O)N3)cc1. The Bertz CT molecular complexity index is 878. The minimum absolute atomic E-state index is 0.0865. The lowest BCUT2D eigenvalue weighted by Crippen LogP contribution is -2.15. The molecule has 0 unspecified atom stereocenters. The number of carbonyl (C=O) groups is 3. The molecule has 1 heterocycles. The first-order valence-corrected chi connectivity index (χ1v) is 9.37. The predicted octanol–water partition coefficient (Wildman–Crippen LogP) is 3.27. The van der Waals surface area contributed by atoms with Gasteiger partial charge < -0.3 is 14.8 Å². The minimum atomic E-state index is -0.462. The van der Waals surface area contributed by atoms with Gasteiger partial charge in [0.15, 0.2) is 12.4 Å². The van der Waals surface area contributed by atoms with Crippen molar-refractivity contribution in [3.63, 3.8) is 0 Å². The second-order valence-electron chi connectivity index (χ2n) is 6.06. The number of hydrogen-bond donors (Lipinski definition) is 1. The standard InChI is InChI=1S/C20H19NO5S/c1-12-16-9-13(3-8-17(16)21-20(12)24)18(22)10-26-19(23)11-27-15-6-4-14(25-2)5-7-15/h3-9,12H,10-11H2,1-2H3,(H,21,24)/t12-/m0/s1. The summed E-state index contributed by atoms with van der Waals surface area (Å²) in [7, 11) is 1.59. The minimum Gasteiger partial charge on any atom is -0.497 e. The lowest BCUT2D eigenvalue weighted by molar-refractivity contribution is -0.139. The van der Waals surface area contributed by atoms with E-state index in [4.69, 9.17) is 9.47 Å². The number of ketones is 1. The van der Waals surface area contributed by atoms with Crippen molar-refractivity contribution >= 4 is 35.1 Å². The van der Waals surface area contributed by atoms with Gasteiger partial charge in [-0.05, 0) is 55.0 Å². The van der Waals surface area contributed by atoms with Gasteiger partial charge in [-0.3, -0.25) is 14.4 Å². The van der Waals surface area contributed by atoms with E-state index in [1.807, 2.05) is 24.3 Å². The Balaban J connectivity index is 1.50. The first kappa shape index (κ1) is 19.0. The van der Waals surface area contributed by atoms with Gasteiger partial charge in [0.1, 0.15) is 5.75 Å². The lowest BCUT2D eigenvalue weighted by Gasteiger charge is -2.07. The molecule has 1 aliphatic rings. The van der Waals surface area contributed by atoms with Crippen LogP contribution in [0.25, 0.3) is 0 Å². The number of thioether (sulfide) groups is 1. The molecule has 3 rings (SSSR count). The van der Waals surface area contributed by atoms with Crippen LogP contribution in [0.1, 0.15) is 28.8 Å². The predicted molar refractivity (Wildman–Crippen MR) is 102 cm³/mol. The molecule has 1 N–H and O–H groups in total. The monoisotopic (exact) mass is 385 g/mol. The zero-order valence-electron chi connectivity index (χ0n) is 15.0. The van der Waals surface area contributed by atoms with Crippen molar-refractivity contribution in [2.24, 2.45) is 0 Å². The van der Waals surface area contributed by atoms with Crippen molar-refractivity contribution in [2.75, 3.05) is 24.8 Å². The van der Waals surface area contributed by atoms with Gasteiger partial charge in [0.25, 0.3) is 0 Å². The molecule has 1 aliphatic heterocycles. The summed E-state index contributed by atoms with van der Waals surface area (Å²) in [6.45, 7) is 1.46. The number of fused-ring (bicyclic) bond motifs is 1. The molecule has 0 saturated carbocycles. The summed E-state index contributed by atoms with van der Waals surface area (Å²) in [5.74, 6) is -0.289. The normalized spacial score (nSPS) is 15.0. The molecule has 0 radical (unpaired) electrons. The third-order valence-electron chi connectivity index (χ3n) is 4.27. The summed E-state index contributed by atoms with van der Waals surface area (Å²) in [4.78, 5) is 36.7. The third kappa shape index (κ3) is 4.49. The second-order valence-corrected chi connectivity index (χ2v) is 7.11. The van der Waals surface area contributed by atoms with E-state index in [2.05, 4.69) is 5.32 Å². The summed E-state index contributed by atoms with van der Waals surface area (Å²) in [6.07, 6.45) is 0. The van der Waals surface area contributed by atoms with Crippen molar-refractivity contribution in [3.8, 4) is 5.75 Å². The van der Waals surface area contributed by atoms with Gasteiger partial charge >= 0.3 is 5.97 Å². The molecule has 140 valence electrons. The van der Waals surface area contributed by atoms with E-state index < -0.39 is 5.97 Å². The van der Waals surface area contributed by atoms with Gasteiger partial charge in [-0.15, -0.1) is 11.8 Å². The van der Waals surface area contributed by atoms with Crippen LogP contribution >= 0.6 is 11.8 Å². The highest BCUT2D eigenvalue weighted by Gasteiger charge is 2.27. The maximum atomic E-state index is 12.3. The Morgan fingerprint density at radius 2 is 1.89 bits per heavy atom. The number of methoxy groups -OCH3 is 1. The van der Waals surface area contributed by atoms with Crippen LogP contribution in [-0.4, -0.2) is 37.1 Å². The molecule has 27 heavy (non-hydrogen) atoms. The molecule has 0 aliphatic carbocycles. The van der Waals surface area contributed by atoms with E-state index in [1.165, 1.54) is 11.8 Å². The summed E-state index contributed by atoms with van der Waals surface area (Å²) in [5, 5.41) is 2.76. The summed E-state index contributed by atoms with van der Waals surface area (Å²) < 4.78 is 10.2. The Hall–Kier alpha value is -2.80. The quantitative estimate of drug-likeness (QED) is 0.448. The summed E-state index contributed by atoms with van der Waals surface area (Å²) in [6, 6.07) is 12.3. The Morgan fingerprint density at radius 1 is 1.15 bits per heavy atom. The van der Waals surface area contributed by atoms with Gasteiger partial charge in [0.05, 0.1) is 18.8 Å². The Morgan fingerprint density at radius 3 is 2.59 bits per heavy atom. The van der Waals surface area contributed by atoms with Gasteiger partial charge in [-0.2, -0.15) is 0 Å². The highest BCUT2D eigenvalue weighted by molar-refractivity contribution is 8.00. The largest absolute Gasteiger partial charge is 0.497 e. The molecule has 0 saturated heterocycles. The summed E-state index contributed by atoms with van der Waals surface area (Å²) >= 11 is 1.32. The van der Waals surface area contributed by atoms with Crippen LogP contribution < -0.4 is 10.1 Å². The molecule has 1 atom stereocenters. The fourth-order valence-electron chi connectivity index (χ4n) is 2.68. The van der Waals surface area contributed by atoms with Crippen molar-refractivity contribution in [3.05, 3.63) is 53.6 Å². The molecule has 0 bridgehead atoms. The van der Waals surface area contributed by atoms with Crippen LogP contribution in [0.15, 0.2) is 47.4 Å².